The lowest BCUT2D eigenvalue weighted by atomic mass is 10.1. The number of benzene rings is 1. The van der Waals surface area contributed by atoms with Crippen LogP contribution in [-0.4, -0.2) is 16.0 Å². The van der Waals surface area contributed by atoms with Crippen LogP contribution >= 0.6 is 0 Å². The molecular formula is C15H15N3O. The van der Waals surface area contributed by atoms with E-state index in [0.29, 0.717) is 6.42 Å². The van der Waals surface area contributed by atoms with Crippen molar-refractivity contribution >= 4 is 5.78 Å². The number of carbonyl (C=O) groups excluding carboxylic acids is 1. The lowest BCUT2D eigenvalue weighted by Gasteiger charge is -2.07. The van der Waals surface area contributed by atoms with Gasteiger partial charge in [-0.3, -0.25) is 9.89 Å². The number of aromatic amines is 1. The van der Waals surface area contributed by atoms with Gasteiger partial charge >= 0.3 is 0 Å². The smallest absolute Gasteiger partial charge is 0.157 e. The first-order chi connectivity index (χ1) is 9.31. The van der Waals surface area contributed by atoms with Gasteiger partial charge in [0, 0.05) is 30.9 Å². The minimum atomic E-state index is 0.220. The monoisotopic (exact) mass is 253 g/mol. The van der Waals surface area contributed by atoms with Crippen molar-refractivity contribution < 1.29 is 4.79 Å². The van der Waals surface area contributed by atoms with E-state index in [2.05, 4.69) is 39.8 Å². The predicted octanol–water partition coefficient (Wildman–Crippen LogP) is 2.41. The Bertz CT molecular complexity index is 597. The zero-order chi connectivity index (χ0) is 13.1. The van der Waals surface area contributed by atoms with Crippen LogP contribution in [0, 0.1) is 0 Å². The first kappa shape index (κ1) is 11.7. The molecule has 19 heavy (non-hydrogen) atoms. The summed E-state index contributed by atoms with van der Waals surface area (Å²) < 4.78 is 0. The van der Waals surface area contributed by atoms with Gasteiger partial charge in [0.1, 0.15) is 0 Å². The Kier molecular flexibility index (Phi) is 3.14. The molecule has 1 aromatic carbocycles. The topological polar surface area (TPSA) is 57.8 Å². The van der Waals surface area contributed by atoms with Gasteiger partial charge in [0.25, 0.3) is 0 Å². The fraction of sp³-hybridized carbons (Fsp3) is 0.200. The fourth-order valence-electron chi connectivity index (χ4n) is 2.17. The maximum absolute atomic E-state index is 11.1. The Balaban J connectivity index is 1.63. The molecule has 1 heterocycles. The largest absolute Gasteiger partial charge is 0.384 e. The lowest BCUT2D eigenvalue weighted by molar-refractivity contribution is -0.114. The van der Waals surface area contributed by atoms with Crippen molar-refractivity contribution in [2.24, 2.45) is 0 Å². The molecule has 2 aromatic rings. The van der Waals surface area contributed by atoms with Crippen LogP contribution in [0.1, 0.15) is 18.4 Å². The second-order valence-corrected chi connectivity index (χ2v) is 4.66. The average molecular weight is 253 g/mol. The molecule has 4 nitrogen and oxygen atoms in total. The number of nitrogens with zero attached hydrogens (tertiary/aromatic N) is 1. The van der Waals surface area contributed by atoms with Crippen molar-refractivity contribution in [2.75, 3.05) is 0 Å². The Hall–Kier alpha value is -2.36. The normalized spacial score (nSPS) is 14.5. The summed E-state index contributed by atoms with van der Waals surface area (Å²) in [6.45, 7) is 0.752. The molecule has 1 aromatic heterocycles. The van der Waals surface area contributed by atoms with E-state index >= 15 is 0 Å². The first-order valence-corrected chi connectivity index (χ1v) is 6.37. The summed E-state index contributed by atoms with van der Waals surface area (Å²) in [5.41, 5.74) is 4.38. The average Bonchev–Trinajstić information content (AvgIpc) is 3.08. The third-order valence-corrected chi connectivity index (χ3v) is 3.26. The van der Waals surface area contributed by atoms with Gasteiger partial charge in [-0.25, -0.2) is 0 Å². The molecule has 2 N–H and O–H groups in total. The highest BCUT2D eigenvalue weighted by Crippen LogP contribution is 2.17. The second kappa shape index (κ2) is 5.10. The molecule has 0 amide bonds. The number of hydrogen-bond acceptors (Lipinski definition) is 3. The molecular weight excluding hydrogens is 238 g/mol. The van der Waals surface area contributed by atoms with Crippen molar-refractivity contribution in [3.8, 4) is 11.3 Å². The van der Waals surface area contributed by atoms with Crippen molar-refractivity contribution in [2.45, 2.75) is 19.4 Å². The van der Waals surface area contributed by atoms with Crippen LogP contribution in [0.15, 0.2) is 48.3 Å². The minimum absolute atomic E-state index is 0.220. The number of ketones is 1. The van der Waals surface area contributed by atoms with Gasteiger partial charge in [0.15, 0.2) is 5.78 Å². The predicted molar refractivity (Wildman–Crippen MR) is 73.2 cm³/mol. The zero-order valence-corrected chi connectivity index (χ0v) is 10.5. The maximum Gasteiger partial charge on any atom is 0.157 e. The van der Waals surface area contributed by atoms with E-state index < -0.39 is 0 Å². The molecule has 0 bridgehead atoms. The highest BCUT2D eigenvalue weighted by molar-refractivity contribution is 5.92. The molecule has 3 rings (SSSR count). The highest BCUT2D eigenvalue weighted by atomic mass is 16.1. The van der Waals surface area contributed by atoms with Crippen molar-refractivity contribution in [1.82, 2.24) is 15.5 Å². The molecule has 1 aliphatic rings. The number of aromatic nitrogens is 2. The summed E-state index contributed by atoms with van der Waals surface area (Å²) in [4.78, 5) is 11.1. The SMILES string of the molecule is O=C1C=C(NCc2ccc(-c3ccn[nH]3)cc2)CC1. The van der Waals surface area contributed by atoms with Crippen molar-refractivity contribution in [1.29, 1.82) is 0 Å². The van der Waals surface area contributed by atoms with Crippen LogP contribution in [0.25, 0.3) is 11.3 Å². The summed E-state index contributed by atoms with van der Waals surface area (Å²) in [5, 5.41) is 10.2. The van der Waals surface area contributed by atoms with Gasteiger partial charge in [0.2, 0.25) is 0 Å². The van der Waals surface area contributed by atoms with Crippen molar-refractivity contribution in [3.05, 3.63) is 53.9 Å². The first-order valence-electron chi connectivity index (χ1n) is 6.37. The van der Waals surface area contributed by atoms with E-state index in [9.17, 15) is 4.79 Å². The Morgan fingerprint density at radius 2 is 2.00 bits per heavy atom. The quantitative estimate of drug-likeness (QED) is 0.879. The molecule has 0 fully saturated rings. The molecule has 0 saturated carbocycles. The minimum Gasteiger partial charge on any atom is -0.384 e. The van der Waals surface area contributed by atoms with Gasteiger partial charge in [-0.2, -0.15) is 5.10 Å². The molecule has 1 aliphatic carbocycles. The maximum atomic E-state index is 11.1. The van der Waals surface area contributed by atoms with Crippen LogP contribution in [0.3, 0.4) is 0 Å². The van der Waals surface area contributed by atoms with Crippen molar-refractivity contribution in [3.63, 3.8) is 0 Å². The molecule has 4 heteroatoms. The number of allylic oxidation sites excluding steroid dienone is 2. The molecule has 0 atom stereocenters. The third-order valence-electron chi connectivity index (χ3n) is 3.26. The standard InChI is InChI=1S/C15H15N3O/c19-14-6-5-13(9-14)16-10-11-1-3-12(4-2-11)15-7-8-17-18-15/h1-4,7-9,16H,5-6,10H2,(H,17,18). The van der Waals surface area contributed by atoms with E-state index in [-0.39, 0.29) is 5.78 Å². The molecule has 0 unspecified atom stereocenters. The lowest BCUT2D eigenvalue weighted by Crippen LogP contribution is -2.10. The van der Waals surface area contributed by atoms with Gasteiger partial charge < -0.3 is 5.32 Å². The summed E-state index contributed by atoms with van der Waals surface area (Å²) in [6.07, 6.45) is 4.93. The number of H-pyrrole nitrogens is 1. The Morgan fingerprint density at radius 3 is 2.63 bits per heavy atom. The van der Waals surface area contributed by atoms with Gasteiger partial charge in [-0.1, -0.05) is 24.3 Å². The highest BCUT2D eigenvalue weighted by Gasteiger charge is 2.10. The Labute approximate surface area is 111 Å². The van der Waals surface area contributed by atoms with Crippen LogP contribution in [-0.2, 0) is 11.3 Å². The zero-order valence-electron chi connectivity index (χ0n) is 10.5. The van der Waals surface area contributed by atoms with Gasteiger partial charge in [-0.05, 0) is 23.6 Å². The molecule has 0 radical (unpaired) electrons. The van der Waals surface area contributed by atoms with Crippen LogP contribution in [0.2, 0.25) is 0 Å². The number of hydrogen-bond donors (Lipinski definition) is 2. The third kappa shape index (κ3) is 2.73. The van der Waals surface area contributed by atoms with Crippen LogP contribution < -0.4 is 5.32 Å². The molecule has 0 saturated heterocycles. The van der Waals surface area contributed by atoms with E-state index in [1.807, 2.05) is 6.07 Å². The second-order valence-electron chi connectivity index (χ2n) is 4.66. The van der Waals surface area contributed by atoms with E-state index in [0.717, 1.165) is 29.9 Å². The number of nitrogens with one attached hydrogen (secondary N) is 2. The van der Waals surface area contributed by atoms with E-state index in [4.69, 9.17) is 0 Å². The number of carbonyl (C=O) groups is 1. The summed E-state index contributed by atoms with van der Waals surface area (Å²) >= 11 is 0. The molecule has 96 valence electrons. The summed E-state index contributed by atoms with van der Waals surface area (Å²) in [7, 11) is 0. The van der Waals surface area contributed by atoms with Gasteiger partial charge in [-0.15, -0.1) is 0 Å². The Morgan fingerprint density at radius 1 is 1.16 bits per heavy atom. The molecule has 0 aliphatic heterocycles. The fourth-order valence-corrected chi connectivity index (χ4v) is 2.17. The van der Waals surface area contributed by atoms with Gasteiger partial charge in [0.05, 0.1) is 5.69 Å². The summed E-state index contributed by atoms with van der Waals surface area (Å²) in [5.74, 6) is 0.220. The summed E-state index contributed by atoms with van der Waals surface area (Å²) in [6, 6.07) is 10.3. The van der Waals surface area contributed by atoms with E-state index in [1.165, 1.54) is 5.56 Å². The molecule has 0 spiro atoms. The van der Waals surface area contributed by atoms with Crippen LogP contribution in [0.4, 0.5) is 0 Å². The van der Waals surface area contributed by atoms with E-state index in [1.54, 1.807) is 12.3 Å². The number of rotatable bonds is 4. The van der Waals surface area contributed by atoms with Crippen LogP contribution in [0.5, 0.6) is 0 Å².